The fraction of sp³-hybridized carbons (Fsp3) is 0. The first kappa shape index (κ1) is 43.7. The van der Waals surface area contributed by atoms with E-state index in [0.717, 1.165) is 11.1 Å². The number of hydrogen-bond acceptors (Lipinski definition) is 0. The summed E-state index contributed by atoms with van der Waals surface area (Å²) in [7, 11) is 8.91. The second kappa shape index (κ2) is 26.5. The molecule has 0 amide bonds. The fourth-order valence-electron chi connectivity index (χ4n) is 5.70. The molecule has 0 nitrogen and oxygen atoms in total. The van der Waals surface area contributed by atoms with Gasteiger partial charge in [-0.15, -0.1) is 0 Å². The van der Waals surface area contributed by atoms with Crippen LogP contribution in [0, 0.1) is 18.9 Å². The van der Waals surface area contributed by atoms with Crippen LogP contribution in [0.3, 0.4) is 0 Å². The van der Waals surface area contributed by atoms with E-state index in [9.17, 15) is 0 Å². The van der Waals surface area contributed by atoms with Crippen molar-refractivity contribution in [2.24, 2.45) is 0 Å². The van der Waals surface area contributed by atoms with Crippen LogP contribution in [0.5, 0.6) is 0 Å². The van der Waals surface area contributed by atoms with Gasteiger partial charge in [0.2, 0.25) is 0 Å². The van der Waals surface area contributed by atoms with Crippen molar-refractivity contribution in [3.63, 3.8) is 0 Å². The minimum atomic E-state index is -0.639. The number of allylic oxidation sites excluding steroid dienone is 1. The number of benzene rings is 8. The molecule has 0 fully saturated rings. The largest absolute Gasteiger partial charge is 0.0622 e. The third-order valence-electron chi connectivity index (χ3n) is 8.23. The first-order valence-corrected chi connectivity index (χ1v) is 27.3. The molecule has 8 aromatic rings. The first-order valence-electron chi connectivity index (χ1n) is 18.3. The van der Waals surface area contributed by atoms with Gasteiger partial charge in [-0.25, -0.2) is 0 Å². The summed E-state index contributed by atoms with van der Waals surface area (Å²) in [5, 5.41) is 8.39. The van der Waals surface area contributed by atoms with Gasteiger partial charge in [0, 0.05) is 12.8 Å². The minimum Gasteiger partial charge on any atom is -0.0622 e. The van der Waals surface area contributed by atoms with Gasteiger partial charge in [0.1, 0.15) is 0 Å². The van der Waals surface area contributed by atoms with Crippen LogP contribution in [-0.4, -0.2) is 0 Å². The third kappa shape index (κ3) is 15.5. The van der Waals surface area contributed by atoms with E-state index in [1.807, 2.05) is 73.2 Å². The van der Waals surface area contributed by atoms with Gasteiger partial charge in [0.25, 0.3) is 0 Å². The molecular weight excluding hydrogens is 948 g/mol. The van der Waals surface area contributed by atoms with Crippen LogP contribution in [0.25, 0.3) is 6.08 Å². The Bertz CT molecular complexity index is 1910. The summed E-state index contributed by atoms with van der Waals surface area (Å²) >= 11 is -0.639. The van der Waals surface area contributed by atoms with E-state index in [2.05, 4.69) is 194 Å². The summed E-state index contributed by atoms with van der Waals surface area (Å²) in [6.45, 7) is 0. The van der Waals surface area contributed by atoms with Crippen LogP contribution >= 0.6 is 35.1 Å². The van der Waals surface area contributed by atoms with Crippen molar-refractivity contribution in [2.45, 2.75) is 0 Å². The van der Waals surface area contributed by atoms with Gasteiger partial charge in [-0.3, -0.25) is 0 Å². The Labute approximate surface area is 358 Å². The second-order valence-electron chi connectivity index (χ2n) is 12.1. The van der Waals surface area contributed by atoms with E-state index in [1.54, 1.807) is 0 Å². The van der Waals surface area contributed by atoms with Crippen molar-refractivity contribution in [2.75, 3.05) is 0 Å². The van der Waals surface area contributed by atoms with Crippen molar-refractivity contribution in [3.8, 4) is 0 Å². The Morgan fingerprint density at radius 3 is 0.825 bits per heavy atom. The van der Waals surface area contributed by atoms with E-state index >= 15 is 0 Å². The van der Waals surface area contributed by atoms with E-state index in [4.69, 9.17) is 19.3 Å². The van der Waals surface area contributed by atoms with E-state index < -0.39 is 31.3 Å². The average Bonchev–Trinajstić information content (AvgIpc) is 3.29. The quantitative estimate of drug-likeness (QED) is 0.120. The standard InChI is InChI=1S/2C18H15P.C16H12.2ClH.Os/c2*1-4-10-16(11-5-1)19(17-12-6-2-7-13-17)18-14-8-3-9-15-18;1-3-9-15(10-4-1)13-7-8-14-16-11-5-2-6-12-16;;;/h2*1-15H;1-7,9-12,14H;2*1H;/q;;;;;+2/p-2. The monoisotopic (exact) mass is 990 g/mol. The van der Waals surface area contributed by atoms with Crippen LogP contribution < -0.4 is 31.8 Å². The molecule has 8 aromatic carbocycles. The Morgan fingerprint density at radius 1 is 0.333 bits per heavy atom. The van der Waals surface area contributed by atoms with E-state index in [-0.39, 0.29) is 0 Å². The molecule has 0 aromatic heterocycles. The smallest absolute Gasteiger partial charge is 0.0134 e. The molecule has 0 unspecified atom stereocenters. The van der Waals surface area contributed by atoms with Crippen LogP contribution in [0.2, 0.25) is 0 Å². The van der Waals surface area contributed by atoms with Crippen LogP contribution in [0.4, 0.5) is 0 Å². The summed E-state index contributed by atoms with van der Waals surface area (Å²) < 4.78 is 0. The second-order valence-corrected chi connectivity index (χ2v) is 20.2. The first-order chi connectivity index (χ1) is 28.3. The molecule has 4 radical (unpaired) electrons. The van der Waals surface area contributed by atoms with Crippen molar-refractivity contribution in [1.29, 1.82) is 0 Å². The van der Waals surface area contributed by atoms with E-state index in [0.29, 0.717) is 0 Å². The molecule has 0 saturated heterocycles. The summed E-state index contributed by atoms with van der Waals surface area (Å²) in [6.07, 6.45) is 9.98. The summed E-state index contributed by atoms with van der Waals surface area (Å²) in [5.41, 5.74) is 2.21. The molecule has 0 aliphatic carbocycles. The van der Waals surface area contributed by atoms with Gasteiger partial charge in [0.05, 0.1) is 0 Å². The van der Waals surface area contributed by atoms with Gasteiger partial charge in [0.15, 0.2) is 0 Å². The molecule has 0 N–H and O–H groups in total. The van der Waals surface area contributed by atoms with Gasteiger partial charge in [-0.05, 0) is 64.9 Å². The van der Waals surface area contributed by atoms with Crippen molar-refractivity contribution < 1.29 is 15.4 Å². The van der Waals surface area contributed by atoms with Crippen molar-refractivity contribution in [1.82, 2.24) is 0 Å². The fourth-order valence-corrected chi connectivity index (χ4v) is 10.3. The average molecular weight is 990 g/mol. The molecule has 282 valence electrons. The molecule has 8 rings (SSSR count). The van der Waals surface area contributed by atoms with Crippen molar-refractivity contribution in [3.05, 3.63) is 273 Å². The SMILES string of the molecule is [C]([CH][C]=Cc1ccccc1)c1ccccc1.[Cl][Os][Cl].c1ccc(P(c2ccccc2)c2ccccc2)cc1.c1ccc(P(c2ccccc2)c2ccccc2)cc1. The summed E-state index contributed by atoms with van der Waals surface area (Å²) in [6, 6.07) is 84.8. The Hall–Kier alpha value is -4.42. The molecule has 0 saturated carbocycles. The summed E-state index contributed by atoms with van der Waals surface area (Å²) in [5.74, 6) is 0. The maximum atomic E-state index is 4.90. The maximum Gasteiger partial charge on any atom is -0.0134 e. The minimum absolute atomic E-state index is 0.446. The predicted molar refractivity (Wildman–Crippen MR) is 249 cm³/mol. The molecule has 0 aliphatic heterocycles. The number of hydrogen-bond donors (Lipinski definition) is 0. The van der Waals surface area contributed by atoms with Crippen molar-refractivity contribution >= 4 is 73.0 Å². The molecule has 0 bridgehead atoms. The van der Waals surface area contributed by atoms with E-state index in [1.165, 1.54) is 31.8 Å². The Balaban J connectivity index is 0.000000158. The van der Waals surface area contributed by atoms with Gasteiger partial charge in [-0.2, -0.15) is 0 Å². The zero-order valence-electron chi connectivity index (χ0n) is 31.3. The molecule has 0 atom stereocenters. The van der Waals surface area contributed by atoms with Crippen LogP contribution in [0.1, 0.15) is 11.1 Å². The van der Waals surface area contributed by atoms with Crippen LogP contribution in [0.15, 0.2) is 243 Å². The molecule has 0 aliphatic rings. The van der Waals surface area contributed by atoms with Crippen LogP contribution in [-0.2, 0) is 15.4 Å². The third-order valence-corrected chi connectivity index (χ3v) is 13.1. The Morgan fingerprint density at radius 2 is 0.561 bits per heavy atom. The number of rotatable bonds is 10. The summed E-state index contributed by atoms with van der Waals surface area (Å²) in [4.78, 5) is 0. The Kier molecular flexibility index (Phi) is 20.3. The maximum absolute atomic E-state index is 4.90. The zero-order valence-corrected chi connectivity index (χ0v) is 37.1. The van der Waals surface area contributed by atoms with Gasteiger partial charge >= 0.3 is 34.7 Å². The molecule has 5 heteroatoms. The molecule has 57 heavy (non-hydrogen) atoms. The predicted octanol–water partition coefficient (Wildman–Crippen LogP) is 12.1. The normalized spacial score (nSPS) is 10.5. The van der Waals surface area contributed by atoms with Gasteiger partial charge in [-0.1, -0.05) is 249 Å². The van der Waals surface area contributed by atoms with Gasteiger partial charge < -0.3 is 0 Å². The molecule has 0 spiro atoms. The molecular formula is C52H42Cl2OsP2. The molecule has 0 heterocycles. The zero-order chi connectivity index (χ0) is 39.6. The topological polar surface area (TPSA) is 0 Å². The number of halogens is 2.